The fraction of sp³-hybridized carbons (Fsp3) is 0.588. The maximum Gasteiger partial charge on any atom is 0.162 e. The minimum absolute atomic E-state index is 0.0543. The lowest BCUT2D eigenvalue weighted by atomic mass is 9.66. The average Bonchev–Trinajstić information content (AvgIpc) is 2.34. The van der Waals surface area contributed by atoms with Crippen molar-refractivity contribution < 1.29 is 13.6 Å². The largest absolute Gasteiger partial charge is 0.299 e. The monoisotopic (exact) mass is 280 g/mol. The SMILES string of the molecule is CC1CCC(C(C)(C)Cc2cccc(F)c2F)C(=O)C1. The van der Waals surface area contributed by atoms with Crippen LogP contribution >= 0.6 is 0 Å². The number of ketones is 1. The Morgan fingerprint density at radius 3 is 2.60 bits per heavy atom. The molecule has 0 radical (unpaired) electrons. The molecular weight excluding hydrogens is 258 g/mol. The van der Waals surface area contributed by atoms with Crippen molar-refractivity contribution in [2.45, 2.75) is 46.5 Å². The van der Waals surface area contributed by atoms with Gasteiger partial charge in [-0.3, -0.25) is 4.79 Å². The van der Waals surface area contributed by atoms with Crippen LogP contribution < -0.4 is 0 Å². The van der Waals surface area contributed by atoms with Crippen LogP contribution in [0.5, 0.6) is 0 Å². The minimum Gasteiger partial charge on any atom is -0.299 e. The predicted octanol–water partition coefficient (Wildman–Crippen LogP) is 4.54. The zero-order valence-corrected chi connectivity index (χ0v) is 12.4. The zero-order valence-electron chi connectivity index (χ0n) is 12.4. The fourth-order valence-electron chi connectivity index (χ4n) is 3.33. The van der Waals surface area contributed by atoms with Gasteiger partial charge in [0.05, 0.1) is 0 Å². The third kappa shape index (κ3) is 3.08. The van der Waals surface area contributed by atoms with E-state index in [2.05, 4.69) is 6.92 Å². The fourth-order valence-corrected chi connectivity index (χ4v) is 3.33. The van der Waals surface area contributed by atoms with Crippen LogP contribution in [0.1, 0.15) is 45.6 Å². The van der Waals surface area contributed by atoms with Crippen LogP contribution in [0, 0.1) is 28.9 Å². The number of halogens is 2. The quantitative estimate of drug-likeness (QED) is 0.794. The van der Waals surface area contributed by atoms with Gasteiger partial charge in [-0.2, -0.15) is 0 Å². The van der Waals surface area contributed by atoms with Gasteiger partial charge in [-0.15, -0.1) is 0 Å². The highest BCUT2D eigenvalue weighted by Crippen LogP contribution is 2.40. The van der Waals surface area contributed by atoms with Crippen molar-refractivity contribution in [3.63, 3.8) is 0 Å². The number of hydrogen-bond acceptors (Lipinski definition) is 1. The van der Waals surface area contributed by atoms with E-state index >= 15 is 0 Å². The summed E-state index contributed by atoms with van der Waals surface area (Å²) in [6.45, 7) is 6.05. The van der Waals surface area contributed by atoms with Gasteiger partial charge in [0.2, 0.25) is 0 Å². The van der Waals surface area contributed by atoms with Gasteiger partial charge in [0, 0.05) is 12.3 Å². The van der Waals surface area contributed by atoms with Crippen LogP contribution in [0.15, 0.2) is 18.2 Å². The van der Waals surface area contributed by atoms with Crippen LogP contribution in [0.25, 0.3) is 0 Å². The van der Waals surface area contributed by atoms with Crippen LogP contribution in [0.2, 0.25) is 0 Å². The summed E-state index contributed by atoms with van der Waals surface area (Å²) in [5.41, 5.74) is 0.0210. The number of rotatable bonds is 3. The number of hydrogen-bond donors (Lipinski definition) is 0. The van der Waals surface area contributed by atoms with E-state index in [4.69, 9.17) is 0 Å². The predicted molar refractivity (Wildman–Crippen MR) is 75.4 cm³/mol. The molecular formula is C17H22F2O. The molecule has 20 heavy (non-hydrogen) atoms. The summed E-state index contributed by atoms with van der Waals surface area (Å²) >= 11 is 0. The maximum absolute atomic E-state index is 13.8. The minimum atomic E-state index is -0.818. The zero-order chi connectivity index (χ0) is 14.9. The van der Waals surface area contributed by atoms with Gasteiger partial charge >= 0.3 is 0 Å². The van der Waals surface area contributed by atoms with Crippen molar-refractivity contribution in [1.29, 1.82) is 0 Å². The lowest BCUT2D eigenvalue weighted by Crippen LogP contribution is -2.37. The molecule has 2 atom stereocenters. The normalized spacial score (nSPS) is 23.9. The Balaban J connectivity index is 2.18. The summed E-state index contributed by atoms with van der Waals surface area (Å²) in [7, 11) is 0. The van der Waals surface area contributed by atoms with E-state index in [0.717, 1.165) is 18.9 Å². The second-order valence-corrected chi connectivity index (χ2v) is 6.78. The number of benzene rings is 1. The van der Waals surface area contributed by atoms with Gasteiger partial charge in [0.15, 0.2) is 11.6 Å². The molecule has 1 nitrogen and oxygen atoms in total. The van der Waals surface area contributed by atoms with Gasteiger partial charge in [-0.25, -0.2) is 8.78 Å². The number of Topliss-reactive ketones (excluding diaryl/α,β-unsaturated/α-hetero) is 1. The molecule has 2 unspecified atom stereocenters. The van der Waals surface area contributed by atoms with Crippen molar-refractivity contribution >= 4 is 5.78 Å². The highest BCUT2D eigenvalue weighted by Gasteiger charge is 2.38. The van der Waals surface area contributed by atoms with Crippen LogP contribution in [0.3, 0.4) is 0 Å². The van der Waals surface area contributed by atoms with Crippen molar-refractivity contribution in [1.82, 2.24) is 0 Å². The highest BCUT2D eigenvalue weighted by atomic mass is 19.2. The molecule has 2 rings (SSSR count). The van der Waals surface area contributed by atoms with Crippen molar-refractivity contribution in [2.75, 3.05) is 0 Å². The summed E-state index contributed by atoms with van der Waals surface area (Å²) in [6, 6.07) is 4.25. The van der Waals surface area contributed by atoms with Crippen LogP contribution in [-0.2, 0) is 11.2 Å². The lowest BCUT2D eigenvalue weighted by molar-refractivity contribution is -0.129. The molecule has 0 heterocycles. The van der Waals surface area contributed by atoms with Gasteiger partial charge < -0.3 is 0 Å². The molecule has 1 aliphatic carbocycles. The van der Waals surface area contributed by atoms with Gasteiger partial charge in [-0.05, 0) is 42.2 Å². The summed E-state index contributed by atoms with van der Waals surface area (Å²) in [4.78, 5) is 12.2. The van der Waals surface area contributed by atoms with Crippen LogP contribution in [-0.4, -0.2) is 5.78 Å². The third-order valence-corrected chi connectivity index (χ3v) is 4.51. The Morgan fingerprint density at radius 2 is 1.95 bits per heavy atom. The molecule has 0 aromatic heterocycles. The van der Waals surface area contributed by atoms with Crippen LogP contribution in [0.4, 0.5) is 8.78 Å². The Kier molecular flexibility index (Phi) is 4.26. The molecule has 110 valence electrons. The maximum atomic E-state index is 13.8. The molecule has 1 fully saturated rings. The first-order chi connectivity index (χ1) is 9.31. The molecule has 0 amide bonds. The molecule has 1 saturated carbocycles. The summed E-state index contributed by atoms with van der Waals surface area (Å²) in [5, 5.41) is 0. The first-order valence-electron chi connectivity index (χ1n) is 7.27. The molecule has 3 heteroatoms. The molecule has 1 aromatic carbocycles. The van der Waals surface area contributed by atoms with E-state index in [1.807, 2.05) is 13.8 Å². The Bertz CT molecular complexity index is 508. The topological polar surface area (TPSA) is 17.1 Å². The van der Waals surface area contributed by atoms with E-state index in [1.165, 1.54) is 6.07 Å². The van der Waals surface area contributed by atoms with E-state index in [9.17, 15) is 13.6 Å². The Hall–Kier alpha value is -1.25. The van der Waals surface area contributed by atoms with Crippen molar-refractivity contribution in [3.8, 4) is 0 Å². The van der Waals surface area contributed by atoms with E-state index in [-0.39, 0.29) is 17.1 Å². The standard InChI is InChI=1S/C17H22F2O/c1-11-7-8-13(15(20)9-11)17(2,3)10-12-5-4-6-14(18)16(12)19/h4-6,11,13H,7-10H2,1-3H3. The summed E-state index contributed by atoms with van der Waals surface area (Å²) in [6.07, 6.45) is 2.89. The van der Waals surface area contributed by atoms with Crippen molar-refractivity contribution in [2.24, 2.45) is 17.3 Å². The highest BCUT2D eigenvalue weighted by molar-refractivity contribution is 5.82. The first kappa shape index (κ1) is 15.1. The molecule has 0 saturated heterocycles. The Labute approximate surface area is 119 Å². The van der Waals surface area contributed by atoms with Gasteiger partial charge in [0.1, 0.15) is 5.78 Å². The summed E-state index contributed by atoms with van der Waals surface area (Å²) < 4.78 is 27.1. The molecule has 1 aromatic rings. The number of carbonyl (C=O) groups is 1. The van der Waals surface area contributed by atoms with Crippen molar-refractivity contribution in [3.05, 3.63) is 35.4 Å². The van der Waals surface area contributed by atoms with Gasteiger partial charge in [-0.1, -0.05) is 32.9 Å². The second kappa shape index (κ2) is 5.63. The molecule has 0 bridgehead atoms. The lowest BCUT2D eigenvalue weighted by Gasteiger charge is -2.37. The Morgan fingerprint density at radius 1 is 1.25 bits per heavy atom. The van der Waals surface area contributed by atoms with E-state index in [0.29, 0.717) is 24.3 Å². The smallest absolute Gasteiger partial charge is 0.162 e. The molecule has 0 N–H and O–H groups in total. The molecule has 0 aliphatic heterocycles. The van der Waals surface area contributed by atoms with Gasteiger partial charge in [0.25, 0.3) is 0 Å². The first-order valence-corrected chi connectivity index (χ1v) is 7.27. The molecule has 0 spiro atoms. The van der Waals surface area contributed by atoms with E-state index < -0.39 is 11.6 Å². The third-order valence-electron chi connectivity index (χ3n) is 4.51. The second-order valence-electron chi connectivity index (χ2n) is 6.78. The number of carbonyl (C=O) groups excluding carboxylic acids is 1. The molecule has 1 aliphatic rings. The average molecular weight is 280 g/mol. The summed E-state index contributed by atoms with van der Waals surface area (Å²) in [5.74, 6) is -0.938. The van der Waals surface area contributed by atoms with E-state index in [1.54, 1.807) is 6.07 Å².